The molecule has 6 nitrogen and oxygen atoms in total. The van der Waals surface area contributed by atoms with Gasteiger partial charge < -0.3 is 15.9 Å². The molecule has 3 atom stereocenters. The van der Waals surface area contributed by atoms with E-state index in [0.29, 0.717) is 12.3 Å². The van der Waals surface area contributed by atoms with Crippen molar-refractivity contribution in [3.05, 3.63) is 0 Å². The normalized spacial score (nSPS) is 37.9. The van der Waals surface area contributed by atoms with Gasteiger partial charge in [-0.15, -0.1) is 0 Å². The Kier molecular flexibility index (Phi) is 4.37. The summed E-state index contributed by atoms with van der Waals surface area (Å²) in [7, 11) is -3.15. The maximum Gasteiger partial charge on any atom is 0.125 e. The van der Waals surface area contributed by atoms with Crippen molar-refractivity contribution in [3.63, 3.8) is 0 Å². The van der Waals surface area contributed by atoms with Crippen LogP contribution in [-0.4, -0.2) is 38.8 Å². The summed E-state index contributed by atoms with van der Waals surface area (Å²) in [5.74, 6) is 0.154. The molecule has 1 heterocycles. The Hall–Kier alpha value is -0.500. The van der Waals surface area contributed by atoms with Gasteiger partial charge in [0, 0.05) is 29.4 Å². The topological polar surface area (TPSA) is 108 Å². The first kappa shape index (κ1) is 13.9. The van der Waals surface area contributed by atoms with Crippen molar-refractivity contribution in [1.82, 2.24) is 4.72 Å². The fourth-order valence-electron chi connectivity index (χ4n) is 3.07. The van der Waals surface area contributed by atoms with Gasteiger partial charge in [0.1, 0.15) is 11.8 Å². The van der Waals surface area contributed by atoms with Crippen molar-refractivity contribution in [3.8, 4) is 0 Å². The van der Waals surface area contributed by atoms with E-state index in [1.807, 2.05) is 0 Å². The minimum Gasteiger partial charge on any atom is -0.396 e. The molecular weight excluding hydrogens is 254 g/mol. The lowest BCUT2D eigenvalue weighted by molar-refractivity contribution is 0.157. The molecule has 5 N–H and O–H groups in total. The Morgan fingerprint density at radius 1 is 1.39 bits per heavy atom. The highest BCUT2D eigenvalue weighted by Crippen LogP contribution is 2.33. The van der Waals surface area contributed by atoms with Crippen molar-refractivity contribution in [1.29, 1.82) is 0 Å². The highest BCUT2D eigenvalue weighted by Gasteiger charge is 2.36. The quantitative estimate of drug-likeness (QED) is 0.430. The van der Waals surface area contributed by atoms with E-state index in [9.17, 15) is 14.4 Å². The van der Waals surface area contributed by atoms with Crippen LogP contribution >= 0.6 is 0 Å². The zero-order chi connectivity index (χ0) is 13.2. The van der Waals surface area contributed by atoms with Gasteiger partial charge in [0.2, 0.25) is 0 Å². The lowest BCUT2D eigenvalue weighted by Gasteiger charge is -2.31. The summed E-state index contributed by atoms with van der Waals surface area (Å²) in [6.07, 6.45) is 4.52. The van der Waals surface area contributed by atoms with Gasteiger partial charge >= 0.3 is 0 Å². The number of hydrogen-bond acceptors (Lipinski definition) is 4. The third-order valence-corrected chi connectivity index (χ3v) is 5.69. The van der Waals surface area contributed by atoms with E-state index in [0.717, 1.165) is 25.7 Å². The van der Waals surface area contributed by atoms with E-state index in [1.54, 1.807) is 0 Å². The second-order valence-electron chi connectivity index (χ2n) is 5.27. The van der Waals surface area contributed by atoms with E-state index < -0.39 is 16.2 Å². The summed E-state index contributed by atoms with van der Waals surface area (Å²) in [5.41, 5.74) is 5.81. The van der Waals surface area contributed by atoms with Gasteiger partial charge in [-0.1, -0.05) is 12.8 Å². The molecule has 7 heteroatoms. The van der Waals surface area contributed by atoms with E-state index in [2.05, 4.69) is 9.12 Å². The first-order chi connectivity index (χ1) is 8.58. The van der Waals surface area contributed by atoms with Crippen LogP contribution < -0.4 is 10.5 Å². The molecule has 18 heavy (non-hydrogen) atoms. The third-order valence-electron chi connectivity index (χ3n) is 3.99. The van der Waals surface area contributed by atoms with Crippen LogP contribution in [0.2, 0.25) is 0 Å². The van der Waals surface area contributed by atoms with Gasteiger partial charge in [0.05, 0.1) is 0 Å². The van der Waals surface area contributed by atoms with Crippen LogP contribution in [0.15, 0.2) is 4.40 Å². The third kappa shape index (κ3) is 2.90. The zero-order valence-corrected chi connectivity index (χ0v) is 11.4. The number of aliphatic hydroxyl groups excluding tert-OH is 2. The van der Waals surface area contributed by atoms with Gasteiger partial charge in [-0.25, -0.2) is 8.93 Å². The maximum atomic E-state index is 12.3. The van der Waals surface area contributed by atoms with E-state index in [4.69, 9.17) is 5.73 Å². The second kappa shape index (κ2) is 5.64. The molecule has 1 aliphatic heterocycles. The standard InChI is InChI=1S/C11H23N3O3S/c12-11-5-9-8(6-15)3-1-2-4-10(9)13-18(17,7-16)14-11/h8-10,15-16,18H,1-7H2,(H3,12,13,14,17). The Morgan fingerprint density at radius 2 is 2.11 bits per heavy atom. The number of rotatable bonds is 2. The molecule has 106 valence electrons. The van der Waals surface area contributed by atoms with E-state index in [-0.39, 0.29) is 24.5 Å². The van der Waals surface area contributed by atoms with Crippen LogP contribution in [-0.2, 0) is 10.3 Å². The molecule has 0 spiro atoms. The molecule has 0 aromatic heterocycles. The lowest BCUT2D eigenvalue weighted by Crippen LogP contribution is -2.44. The summed E-state index contributed by atoms with van der Waals surface area (Å²) in [5, 5.41) is 18.7. The van der Waals surface area contributed by atoms with Gasteiger partial charge in [0.25, 0.3) is 0 Å². The highest BCUT2D eigenvalue weighted by atomic mass is 32.3. The summed E-state index contributed by atoms with van der Waals surface area (Å²) >= 11 is 0. The summed E-state index contributed by atoms with van der Waals surface area (Å²) in [6, 6.07) is 0.0208. The molecule has 0 aromatic rings. The minimum absolute atomic E-state index is 0.0208. The average Bonchev–Trinajstić information content (AvgIpc) is 2.58. The van der Waals surface area contributed by atoms with Crippen molar-refractivity contribution in [2.24, 2.45) is 22.0 Å². The Labute approximate surface area is 108 Å². The Morgan fingerprint density at radius 3 is 2.78 bits per heavy atom. The van der Waals surface area contributed by atoms with Crippen LogP contribution in [0.25, 0.3) is 0 Å². The van der Waals surface area contributed by atoms with Crippen LogP contribution in [0.3, 0.4) is 0 Å². The minimum atomic E-state index is -3.15. The smallest absolute Gasteiger partial charge is 0.125 e. The number of thiol groups is 1. The second-order valence-corrected chi connectivity index (χ2v) is 7.41. The molecule has 2 rings (SSSR count). The maximum absolute atomic E-state index is 12.3. The Balaban J connectivity index is 2.27. The predicted octanol–water partition coefficient (Wildman–Crippen LogP) is -0.699. The number of nitrogens with zero attached hydrogens (tertiary/aromatic N) is 1. The van der Waals surface area contributed by atoms with E-state index in [1.165, 1.54) is 0 Å². The van der Waals surface area contributed by atoms with Gasteiger partial charge in [-0.2, -0.15) is 4.40 Å². The van der Waals surface area contributed by atoms with Crippen molar-refractivity contribution in [2.45, 2.75) is 38.1 Å². The zero-order valence-electron chi connectivity index (χ0n) is 10.5. The largest absolute Gasteiger partial charge is 0.396 e. The van der Waals surface area contributed by atoms with Crippen molar-refractivity contribution >= 4 is 16.1 Å². The average molecular weight is 277 g/mol. The highest BCUT2D eigenvalue weighted by molar-refractivity contribution is 8.00. The molecule has 3 unspecified atom stereocenters. The van der Waals surface area contributed by atoms with Crippen molar-refractivity contribution in [2.75, 3.05) is 12.5 Å². The molecule has 1 fully saturated rings. The molecule has 2 aliphatic rings. The molecule has 0 radical (unpaired) electrons. The molecule has 1 saturated carbocycles. The summed E-state index contributed by atoms with van der Waals surface area (Å²) in [6.45, 7) is 0.125. The molecule has 0 saturated heterocycles. The fraction of sp³-hybridized carbons (Fsp3) is 0.909. The summed E-state index contributed by atoms with van der Waals surface area (Å²) < 4.78 is 19.3. The summed E-state index contributed by atoms with van der Waals surface area (Å²) in [4.78, 5) is 0. The number of nitrogens with one attached hydrogen (secondary N) is 1. The number of hydrogen-bond donors (Lipinski definition) is 5. The number of amidine groups is 1. The number of fused-ring (bicyclic) bond motifs is 1. The first-order valence-corrected chi connectivity index (χ1v) is 8.35. The SMILES string of the molecule is NC1=N[SH](=O)(CO)NC2CCCCC(CO)C2C1. The van der Waals surface area contributed by atoms with Crippen LogP contribution in [0.4, 0.5) is 0 Å². The predicted molar refractivity (Wildman–Crippen MR) is 72.3 cm³/mol. The van der Waals surface area contributed by atoms with Crippen LogP contribution in [0.5, 0.6) is 0 Å². The molecular formula is C11H23N3O3S. The monoisotopic (exact) mass is 277 g/mol. The van der Waals surface area contributed by atoms with Gasteiger partial charge in [-0.05, 0) is 24.7 Å². The van der Waals surface area contributed by atoms with Crippen LogP contribution in [0, 0.1) is 11.8 Å². The number of nitrogens with two attached hydrogens (primary N) is 1. The molecule has 0 aromatic carbocycles. The molecule has 1 aliphatic carbocycles. The first-order valence-electron chi connectivity index (χ1n) is 6.51. The lowest BCUT2D eigenvalue weighted by atomic mass is 9.83. The fourth-order valence-corrected chi connectivity index (χ4v) is 4.61. The van der Waals surface area contributed by atoms with Crippen molar-refractivity contribution < 1.29 is 14.4 Å². The van der Waals surface area contributed by atoms with Crippen LogP contribution in [0.1, 0.15) is 32.1 Å². The molecule has 0 amide bonds. The number of aliphatic hydroxyl groups is 2. The Bertz CT molecular complexity index is 375. The molecule has 0 bridgehead atoms. The van der Waals surface area contributed by atoms with E-state index >= 15 is 0 Å². The van der Waals surface area contributed by atoms with Gasteiger partial charge in [-0.3, -0.25) is 0 Å². The van der Waals surface area contributed by atoms with Gasteiger partial charge in [0.15, 0.2) is 0 Å².